The zero-order valence-electron chi connectivity index (χ0n) is 12.1. The Kier molecular flexibility index (Phi) is 4.87. The molecule has 0 aliphatic heterocycles. The Bertz CT molecular complexity index is 551. The van der Waals surface area contributed by atoms with Gasteiger partial charge in [-0.25, -0.2) is 4.98 Å². The molecule has 0 aliphatic carbocycles. The summed E-state index contributed by atoms with van der Waals surface area (Å²) in [7, 11) is 2.00. The van der Waals surface area contributed by atoms with Crippen LogP contribution in [0, 0.1) is 0 Å². The second kappa shape index (κ2) is 6.84. The smallest absolute Gasteiger partial charge is 0.123 e. The van der Waals surface area contributed by atoms with Gasteiger partial charge in [-0.2, -0.15) is 0 Å². The molecule has 20 heavy (non-hydrogen) atoms. The van der Waals surface area contributed by atoms with Crippen LogP contribution in [-0.2, 0) is 13.5 Å². The van der Waals surface area contributed by atoms with Crippen molar-refractivity contribution in [2.24, 2.45) is 7.05 Å². The van der Waals surface area contributed by atoms with Gasteiger partial charge >= 0.3 is 0 Å². The van der Waals surface area contributed by atoms with Crippen LogP contribution < -0.4 is 15.8 Å². The minimum Gasteiger partial charge on any atom is -0.493 e. The average Bonchev–Trinajstić information content (AvgIpc) is 2.82. The number of nitrogens with two attached hydrogens (primary N) is 1. The van der Waals surface area contributed by atoms with Crippen molar-refractivity contribution in [1.29, 1.82) is 0 Å². The van der Waals surface area contributed by atoms with Gasteiger partial charge in [0.15, 0.2) is 0 Å². The molecule has 0 amide bonds. The highest BCUT2D eigenvalue weighted by Crippen LogP contribution is 2.22. The van der Waals surface area contributed by atoms with Gasteiger partial charge in [-0.3, -0.25) is 0 Å². The largest absolute Gasteiger partial charge is 0.493 e. The molecule has 3 N–H and O–H groups in total. The number of nitrogens with zero attached hydrogens (tertiary/aromatic N) is 2. The van der Waals surface area contributed by atoms with Crippen LogP contribution in [0.25, 0.3) is 0 Å². The van der Waals surface area contributed by atoms with E-state index >= 15 is 0 Å². The zero-order chi connectivity index (χ0) is 14.4. The van der Waals surface area contributed by atoms with E-state index in [0.717, 1.165) is 36.6 Å². The lowest BCUT2D eigenvalue weighted by atomic mass is 10.2. The number of anilines is 2. The number of benzene rings is 1. The summed E-state index contributed by atoms with van der Waals surface area (Å²) in [5, 5.41) is 3.35. The maximum absolute atomic E-state index is 5.89. The summed E-state index contributed by atoms with van der Waals surface area (Å²) < 4.78 is 7.64. The summed E-state index contributed by atoms with van der Waals surface area (Å²) in [5.41, 5.74) is 7.57. The van der Waals surface area contributed by atoms with Gasteiger partial charge in [-0.15, -0.1) is 0 Å². The molecule has 2 aromatic rings. The number of aromatic nitrogens is 2. The first-order valence-electron chi connectivity index (χ1n) is 6.92. The lowest BCUT2D eigenvalue weighted by Gasteiger charge is -2.11. The quantitative estimate of drug-likeness (QED) is 0.761. The van der Waals surface area contributed by atoms with E-state index in [4.69, 9.17) is 10.5 Å². The molecule has 0 atom stereocenters. The molecule has 5 heteroatoms. The monoisotopic (exact) mass is 274 g/mol. The summed E-state index contributed by atoms with van der Waals surface area (Å²) in [6.07, 6.45) is 5.61. The van der Waals surface area contributed by atoms with Crippen molar-refractivity contribution in [3.8, 4) is 5.75 Å². The Morgan fingerprint density at radius 2 is 2.20 bits per heavy atom. The Morgan fingerprint density at radius 3 is 2.90 bits per heavy atom. The predicted octanol–water partition coefficient (Wildman–Crippen LogP) is 2.45. The average molecular weight is 274 g/mol. The van der Waals surface area contributed by atoms with Gasteiger partial charge in [0.25, 0.3) is 0 Å². The van der Waals surface area contributed by atoms with Crippen molar-refractivity contribution in [3.63, 3.8) is 0 Å². The van der Waals surface area contributed by atoms with Crippen molar-refractivity contribution < 1.29 is 4.74 Å². The van der Waals surface area contributed by atoms with E-state index < -0.39 is 0 Å². The van der Waals surface area contributed by atoms with Crippen LogP contribution in [0.4, 0.5) is 11.4 Å². The van der Waals surface area contributed by atoms with Crippen molar-refractivity contribution in [2.75, 3.05) is 24.2 Å². The topological polar surface area (TPSA) is 65.1 Å². The summed E-state index contributed by atoms with van der Waals surface area (Å²) in [4.78, 5) is 4.30. The summed E-state index contributed by atoms with van der Waals surface area (Å²) in [5.74, 6) is 1.87. The third-order valence-corrected chi connectivity index (χ3v) is 3.00. The standard InChI is InChI=1S/C15H22N4O/c1-3-8-20-14-10-12(16)9-13(11-14)17-5-4-15-18-6-7-19(15)2/h6-7,9-11,17H,3-5,8,16H2,1-2H3. The lowest BCUT2D eigenvalue weighted by molar-refractivity contribution is 0.318. The fourth-order valence-corrected chi connectivity index (χ4v) is 1.98. The number of hydrogen-bond acceptors (Lipinski definition) is 4. The van der Waals surface area contributed by atoms with Crippen LogP contribution >= 0.6 is 0 Å². The first-order chi connectivity index (χ1) is 9.69. The van der Waals surface area contributed by atoms with Crippen molar-refractivity contribution in [1.82, 2.24) is 9.55 Å². The van der Waals surface area contributed by atoms with Crippen molar-refractivity contribution in [3.05, 3.63) is 36.4 Å². The van der Waals surface area contributed by atoms with Crippen LogP contribution in [0.2, 0.25) is 0 Å². The van der Waals surface area contributed by atoms with E-state index in [1.807, 2.05) is 42.2 Å². The number of aryl methyl sites for hydroxylation is 1. The number of ether oxygens (including phenoxy) is 1. The van der Waals surface area contributed by atoms with Gasteiger partial charge in [0, 0.05) is 55.9 Å². The highest BCUT2D eigenvalue weighted by atomic mass is 16.5. The number of rotatable bonds is 7. The first-order valence-corrected chi connectivity index (χ1v) is 6.92. The van der Waals surface area contributed by atoms with Gasteiger partial charge in [0.05, 0.1) is 6.61 Å². The molecule has 1 aromatic heterocycles. The second-order valence-electron chi connectivity index (χ2n) is 4.77. The van der Waals surface area contributed by atoms with E-state index in [9.17, 15) is 0 Å². The Balaban J connectivity index is 1.91. The fourth-order valence-electron chi connectivity index (χ4n) is 1.98. The minimum atomic E-state index is 0.705. The van der Waals surface area contributed by atoms with E-state index in [-0.39, 0.29) is 0 Å². The third-order valence-electron chi connectivity index (χ3n) is 3.00. The highest BCUT2D eigenvalue weighted by molar-refractivity contribution is 5.59. The first kappa shape index (κ1) is 14.2. The maximum atomic E-state index is 5.89. The maximum Gasteiger partial charge on any atom is 0.123 e. The molecule has 1 aromatic carbocycles. The number of nitrogen functional groups attached to an aromatic ring is 1. The van der Waals surface area contributed by atoms with Gasteiger partial charge in [-0.1, -0.05) is 6.92 Å². The molecule has 0 spiro atoms. The summed E-state index contributed by atoms with van der Waals surface area (Å²) in [6.45, 7) is 3.59. The van der Waals surface area contributed by atoms with Crippen LogP contribution in [0.5, 0.6) is 5.75 Å². The fraction of sp³-hybridized carbons (Fsp3) is 0.400. The third kappa shape index (κ3) is 3.91. The van der Waals surface area contributed by atoms with Crippen molar-refractivity contribution >= 4 is 11.4 Å². The number of imidazole rings is 1. The molecular weight excluding hydrogens is 252 g/mol. The molecule has 0 radical (unpaired) electrons. The van der Waals surface area contributed by atoms with E-state index in [0.29, 0.717) is 12.3 Å². The molecule has 5 nitrogen and oxygen atoms in total. The molecule has 108 valence electrons. The van der Waals surface area contributed by atoms with E-state index in [1.54, 1.807) is 0 Å². The normalized spacial score (nSPS) is 10.5. The molecular formula is C15H22N4O. The predicted molar refractivity (Wildman–Crippen MR) is 82.0 cm³/mol. The summed E-state index contributed by atoms with van der Waals surface area (Å²) >= 11 is 0. The van der Waals surface area contributed by atoms with Gasteiger partial charge < -0.3 is 20.4 Å². The van der Waals surface area contributed by atoms with Crippen LogP contribution in [-0.4, -0.2) is 22.7 Å². The Hall–Kier alpha value is -2.17. The molecule has 2 rings (SSSR count). The molecule has 0 unspecified atom stereocenters. The molecule has 1 heterocycles. The van der Waals surface area contributed by atoms with E-state index in [1.165, 1.54) is 0 Å². The highest BCUT2D eigenvalue weighted by Gasteiger charge is 2.02. The second-order valence-corrected chi connectivity index (χ2v) is 4.77. The summed E-state index contributed by atoms with van der Waals surface area (Å²) in [6, 6.07) is 5.74. The Morgan fingerprint density at radius 1 is 1.35 bits per heavy atom. The molecule has 0 saturated carbocycles. The molecule has 0 saturated heterocycles. The van der Waals surface area contributed by atoms with Gasteiger partial charge in [0.1, 0.15) is 11.6 Å². The van der Waals surface area contributed by atoms with Gasteiger partial charge in [0.2, 0.25) is 0 Å². The molecule has 0 aliphatic rings. The van der Waals surface area contributed by atoms with Crippen LogP contribution in [0.15, 0.2) is 30.6 Å². The molecule has 0 fully saturated rings. The number of hydrogen-bond donors (Lipinski definition) is 2. The van der Waals surface area contributed by atoms with E-state index in [2.05, 4.69) is 17.2 Å². The van der Waals surface area contributed by atoms with Crippen LogP contribution in [0.1, 0.15) is 19.2 Å². The zero-order valence-corrected chi connectivity index (χ0v) is 12.1. The minimum absolute atomic E-state index is 0.705. The lowest BCUT2D eigenvalue weighted by Crippen LogP contribution is -2.09. The van der Waals surface area contributed by atoms with Crippen molar-refractivity contribution in [2.45, 2.75) is 19.8 Å². The number of nitrogens with one attached hydrogen (secondary N) is 1. The Labute approximate surface area is 119 Å². The molecule has 0 bridgehead atoms. The van der Waals surface area contributed by atoms with Crippen LogP contribution in [0.3, 0.4) is 0 Å². The SMILES string of the molecule is CCCOc1cc(N)cc(NCCc2nccn2C)c1. The van der Waals surface area contributed by atoms with Gasteiger partial charge in [-0.05, 0) is 12.5 Å².